The van der Waals surface area contributed by atoms with Gasteiger partial charge in [0.1, 0.15) is 11.9 Å². The van der Waals surface area contributed by atoms with Crippen molar-refractivity contribution in [3.63, 3.8) is 0 Å². The highest BCUT2D eigenvalue weighted by atomic mass is 16.6. The first-order valence-corrected chi connectivity index (χ1v) is 7.72. The van der Waals surface area contributed by atoms with E-state index in [2.05, 4.69) is 0 Å². The van der Waals surface area contributed by atoms with Crippen LogP contribution >= 0.6 is 0 Å². The van der Waals surface area contributed by atoms with E-state index in [0.29, 0.717) is 18.6 Å². The van der Waals surface area contributed by atoms with E-state index in [0.717, 1.165) is 5.56 Å². The van der Waals surface area contributed by atoms with Crippen LogP contribution in [-0.4, -0.2) is 18.0 Å². The van der Waals surface area contributed by atoms with Gasteiger partial charge in [-0.05, 0) is 24.1 Å². The minimum atomic E-state index is -0.326. The van der Waals surface area contributed by atoms with Crippen molar-refractivity contribution in [2.24, 2.45) is 0 Å². The van der Waals surface area contributed by atoms with Crippen LogP contribution in [0.1, 0.15) is 30.7 Å². The molecular formula is C19H18O4. The Morgan fingerprint density at radius 2 is 1.74 bits per heavy atom. The second-order valence-corrected chi connectivity index (χ2v) is 5.58. The summed E-state index contributed by atoms with van der Waals surface area (Å²) in [6, 6.07) is 18.6. The number of rotatable bonds is 5. The minimum absolute atomic E-state index is 0.177. The summed E-state index contributed by atoms with van der Waals surface area (Å²) in [5, 5.41) is 0. The Morgan fingerprint density at radius 1 is 1.09 bits per heavy atom. The molecule has 0 aliphatic carbocycles. The highest BCUT2D eigenvalue weighted by molar-refractivity contribution is 5.74. The lowest BCUT2D eigenvalue weighted by Gasteiger charge is -2.22. The molecule has 0 aromatic heterocycles. The van der Waals surface area contributed by atoms with E-state index < -0.39 is 0 Å². The Hall–Kier alpha value is -2.62. The third-order valence-corrected chi connectivity index (χ3v) is 3.95. The minimum Gasteiger partial charge on any atom is -0.462 e. The molecule has 0 amide bonds. The zero-order valence-electron chi connectivity index (χ0n) is 12.7. The molecule has 2 aromatic carbocycles. The summed E-state index contributed by atoms with van der Waals surface area (Å²) in [5.74, 6) is -0.188. The molecule has 1 aliphatic rings. The molecule has 2 aromatic rings. The van der Waals surface area contributed by atoms with Crippen LogP contribution in [0.25, 0.3) is 0 Å². The molecule has 0 radical (unpaired) electrons. The number of hydrogen-bond donors (Lipinski definition) is 0. The number of carbonyl (C=O) groups excluding carboxylic acids is 2. The molecule has 0 unspecified atom stereocenters. The molecule has 4 heteroatoms. The van der Waals surface area contributed by atoms with Crippen molar-refractivity contribution in [2.75, 3.05) is 0 Å². The maximum Gasteiger partial charge on any atom is 0.311 e. The smallest absolute Gasteiger partial charge is 0.311 e. The van der Waals surface area contributed by atoms with Crippen molar-refractivity contribution in [1.82, 2.24) is 0 Å². The van der Waals surface area contributed by atoms with Crippen molar-refractivity contribution >= 4 is 11.9 Å². The van der Waals surface area contributed by atoms with Gasteiger partial charge in [0, 0.05) is 12.3 Å². The normalized spacial score (nSPS) is 18.3. The van der Waals surface area contributed by atoms with Crippen LogP contribution in [0.15, 0.2) is 60.7 Å². The van der Waals surface area contributed by atoms with Crippen LogP contribution in [-0.2, 0) is 14.3 Å². The van der Waals surface area contributed by atoms with E-state index in [1.165, 1.54) is 0 Å². The van der Waals surface area contributed by atoms with E-state index in [4.69, 9.17) is 9.47 Å². The lowest BCUT2D eigenvalue weighted by molar-refractivity contribution is -0.144. The quantitative estimate of drug-likeness (QED) is 0.627. The number of carbonyl (C=O) groups is 2. The molecule has 23 heavy (non-hydrogen) atoms. The Bertz CT molecular complexity index is 666. The fraction of sp³-hybridized carbons (Fsp3) is 0.263. The number of para-hydroxylation sites is 1. The average molecular weight is 310 g/mol. The van der Waals surface area contributed by atoms with Gasteiger partial charge >= 0.3 is 11.9 Å². The first-order chi connectivity index (χ1) is 11.2. The van der Waals surface area contributed by atoms with E-state index in [1.807, 2.05) is 48.5 Å². The van der Waals surface area contributed by atoms with Gasteiger partial charge < -0.3 is 9.47 Å². The standard InChI is InChI=1S/C19H18O4/c20-18-12-11-17(23-18)16(14-7-3-1-4-8-14)13-19(21)22-15-9-5-2-6-10-15/h1-10,16-17H,11-13H2/t16-,17-/m0/s1. The largest absolute Gasteiger partial charge is 0.462 e. The van der Waals surface area contributed by atoms with Crippen molar-refractivity contribution < 1.29 is 19.1 Å². The molecule has 1 heterocycles. The van der Waals surface area contributed by atoms with Crippen LogP contribution < -0.4 is 4.74 Å². The average Bonchev–Trinajstić information content (AvgIpc) is 3.00. The maximum atomic E-state index is 12.3. The van der Waals surface area contributed by atoms with Crippen LogP contribution in [0.5, 0.6) is 5.75 Å². The molecule has 0 bridgehead atoms. The van der Waals surface area contributed by atoms with Gasteiger partial charge in [-0.1, -0.05) is 48.5 Å². The Labute approximate surface area is 135 Å². The van der Waals surface area contributed by atoms with Gasteiger partial charge in [0.05, 0.1) is 6.42 Å². The molecule has 118 valence electrons. The second-order valence-electron chi connectivity index (χ2n) is 5.58. The van der Waals surface area contributed by atoms with Gasteiger partial charge in [-0.2, -0.15) is 0 Å². The first-order valence-electron chi connectivity index (χ1n) is 7.72. The van der Waals surface area contributed by atoms with Gasteiger partial charge in [0.2, 0.25) is 0 Å². The van der Waals surface area contributed by atoms with E-state index >= 15 is 0 Å². The van der Waals surface area contributed by atoms with Crippen molar-refractivity contribution in [1.29, 1.82) is 0 Å². The van der Waals surface area contributed by atoms with Gasteiger partial charge in [-0.3, -0.25) is 9.59 Å². The van der Waals surface area contributed by atoms with Gasteiger partial charge in [-0.15, -0.1) is 0 Å². The molecule has 0 N–H and O–H groups in total. The molecule has 1 saturated heterocycles. The predicted molar refractivity (Wildman–Crippen MR) is 85.0 cm³/mol. The topological polar surface area (TPSA) is 52.6 Å². The van der Waals surface area contributed by atoms with Gasteiger partial charge in [0.25, 0.3) is 0 Å². The molecule has 4 nitrogen and oxygen atoms in total. The number of benzene rings is 2. The summed E-state index contributed by atoms with van der Waals surface area (Å²) in [7, 11) is 0. The van der Waals surface area contributed by atoms with Crippen LogP contribution in [0.3, 0.4) is 0 Å². The molecule has 3 rings (SSSR count). The van der Waals surface area contributed by atoms with E-state index in [-0.39, 0.29) is 30.4 Å². The molecule has 2 atom stereocenters. The number of hydrogen-bond acceptors (Lipinski definition) is 4. The van der Waals surface area contributed by atoms with Crippen LogP contribution in [0.2, 0.25) is 0 Å². The lowest BCUT2D eigenvalue weighted by atomic mass is 9.89. The molecule has 1 aliphatic heterocycles. The molecule has 0 saturated carbocycles. The van der Waals surface area contributed by atoms with Gasteiger partial charge in [-0.25, -0.2) is 0 Å². The van der Waals surface area contributed by atoms with E-state index in [1.54, 1.807) is 12.1 Å². The van der Waals surface area contributed by atoms with Crippen molar-refractivity contribution in [3.05, 3.63) is 66.2 Å². The SMILES string of the molecule is O=C(C[C@@H](c1ccccc1)[C@@H]1CCC(=O)O1)Oc1ccccc1. The zero-order chi connectivity index (χ0) is 16.1. The summed E-state index contributed by atoms with van der Waals surface area (Å²) in [5.41, 5.74) is 0.984. The summed E-state index contributed by atoms with van der Waals surface area (Å²) in [4.78, 5) is 23.7. The number of esters is 2. The Kier molecular flexibility index (Phi) is 4.71. The monoisotopic (exact) mass is 310 g/mol. The summed E-state index contributed by atoms with van der Waals surface area (Å²) in [6.07, 6.45) is 0.948. The number of cyclic esters (lactones) is 1. The van der Waals surface area contributed by atoms with Crippen LogP contribution in [0, 0.1) is 0 Å². The zero-order valence-corrected chi connectivity index (χ0v) is 12.7. The fourth-order valence-electron chi connectivity index (χ4n) is 2.84. The fourth-order valence-corrected chi connectivity index (χ4v) is 2.84. The highest BCUT2D eigenvalue weighted by Crippen LogP contribution is 2.32. The van der Waals surface area contributed by atoms with Gasteiger partial charge in [0.15, 0.2) is 0 Å². The molecule has 1 fully saturated rings. The van der Waals surface area contributed by atoms with Crippen LogP contribution in [0.4, 0.5) is 0 Å². The molecule has 0 spiro atoms. The first kappa shape index (κ1) is 15.3. The Morgan fingerprint density at radius 3 is 2.35 bits per heavy atom. The highest BCUT2D eigenvalue weighted by Gasteiger charge is 2.34. The number of ether oxygens (including phenoxy) is 2. The third-order valence-electron chi connectivity index (χ3n) is 3.95. The Balaban J connectivity index is 1.73. The summed E-state index contributed by atoms with van der Waals surface area (Å²) < 4.78 is 10.8. The summed E-state index contributed by atoms with van der Waals surface area (Å²) in [6.45, 7) is 0. The van der Waals surface area contributed by atoms with Crippen molar-refractivity contribution in [3.8, 4) is 5.75 Å². The summed E-state index contributed by atoms with van der Waals surface area (Å²) >= 11 is 0. The predicted octanol–water partition coefficient (Wildman–Crippen LogP) is 3.47. The van der Waals surface area contributed by atoms with Crippen molar-refractivity contribution in [2.45, 2.75) is 31.3 Å². The lowest BCUT2D eigenvalue weighted by Crippen LogP contribution is -2.23. The third kappa shape index (κ3) is 3.97. The van der Waals surface area contributed by atoms with E-state index in [9.17, 15) is 9.59 Å². The maximum absolute atomic E-state index is 12.3. The second kappa shape index (κ2) is 7.09. The molecular weight excluding hydrogens is 292 g/mol.